The van der Waals surface area contributed by atoms with Crippen LogP contribution in [0.25, 0.3) is 17.0 Å². The Morgan fingerprint density at radius 1 is 1.00 bits per heavy atom. The maximum atomic E-state index is 13.5. The van der Waals surface area contributed by atoms with Crippen molar-refractivity contribution >= 4 is 40.6 Å². The third kappa shape index (κ3) is 6.59. The van der Waals surface area contributed by atoms with E-state index in [0.29, 0.717) is 19.4 Å². The van der Waals surface area contributed by atoms with Crippen LogP contribution in [-0.4, -0.2) is 70.2 Å². The summed E-state index contributed by atoms with van der Waals surface area (Å²) in [6, 6.07) is 7.24. The lowest BCUT2D eigenvalue weighted by Gasteiger charge is -2.37. The fourth-order valence-corrected chi connectivity index (χ4v) is 5.09. The average molecular weight is 563 g/mol. The number of rotatable bonds is 1. The largest absolute Gasteiger partial charge is 0.343 e. The zero-order chi connectivity index (χ0) is 30.1. The molecule has 1 aromatic heterocycles. The van der Waals surface area contributed by atoms with Crippen molar-refractivity contribution in [2.75, 3.05) is 13.6 Å². The number of fused-ring (bicyclic) bond motifs is 4. The number of hydrogen-bond acceptors (Lipinski definition) is 6. The second-order valence-electron chi connectivity index (χ2n) is 12.1. The van der Waals surface area contributed by atoms with Gasteiger partial charge in [0.1, 0.15) is 18.1 Å². The molecule has 1 fully saturated rings. The summed E-state index contributed by atoms with van der Waals surface area (Å²) in [5, 5.41) is 8.04. The van der Waals surface area contributed by atoms with Gasteiger partial charge in [-0.15, -0.1) is 0 Å². The van der Waals surface area contributed by atoms with E-state index in [4.69, 9.17) is 4.98 Å². The number of likely N-dealkylation sites (N-methyl/N-ethyl adjacent to an activating group) is 1. The van der Waals surface area contributed by atoms with Gasteiger partial charge in [0.15, 0.2) is 0 Å². The van der Waals surface area contributed by atoms with Crippen LogP contribution in [0.15, 0.2) is 36.4 Å². The number of carbonyl (C=O) groups is 4. The number of nitrogens with one attached hydrogen (secondary N) is 3. The van der Waals surface area contributed by atoms with Crippen LogP contribution in [0.2, 0.25) is 0 Å². The first-order valence-electron chi connectivity index (χ1n) is 14.3. The predicted octanol–water partition coefficient (Wildman–Crippen LogP) is 2.95. The zero-order valence-electron chi connectivity index (χ0n) is 25.0. The molecule has 5 bridgehead atoms. The van der Waals surface area contributed by atoms with Gasteiger partial charge in [0.25, 0.3) is 5.91 Å². The number of benzene rings is 1. The van der Waals surface area contributed by atoms with Gasteiger partial charge in [-0.25, -0.2) is 5.43 Å². The van der Waals surface area contributed by atoms with Crippen molar-refractivity contribution in [2.24, 2.45) is 11.3 Å². The van der Waals surface area contributed by atoms with E-state index in [1.54, 1.807) is 32.7 Å². The third-order valence-electron chi connectivity index (χ3n) is 8.09. The molecule has 2 aromatic rings. The van der Waals surface area contributed by atoms with Crippen molar-refractivity contribution in [3.8, 4) is 0 Å². The summed E-state index contributed by atoms with van der Waals surface area (Å²) < 4.78 is 0. The number of hydrogen-bond donors (Lipinski definition) is 3. The summed E-state index contributed by atoms with van der Waals surface area (Å²) in [4.78, 5) is 59.9. The minimum Gasteiger partial charge on any atom is -0.343 e. The molecule has 41 heavy (non-hydrogen) atoms. The van der Waals surface area contributed by atoms with Crippen molar-refractivity contribution in [1.29, 1.82) is 0 Å². The molecule has 0 aliphatic carbocycles. The predicted molar refractivity (Wildman–Crippen MR) is 158 cm³/mol. The van der Waals surface area contributed by atoms with Gasteiger partial charge < -0.3 is 15.5 Å². The Bertz CT molecular complexity index is 1370. The molecule has 10 heteroatoms. The lowest BCUT2D eigenvalue weighted by Crippen LogP contribution is -2.62. The number of carbonyl (C=O) groups excluding carboxylic acids is 4. The monoisotopic (exact) mass is 562 g/mol. The number of amides is 4. The van der Waals surface area contributed by atoms with Crippen LogP contribution in [0.4, 0.5) is 0 Å². The van der Waals surface area contributed by atoms with Gasteiger partial charge >= 0.3 is 0 Å². The van der Waals surface area contributed by atoms with Crippen LogP contribution in [0.1, 0.15) is 71.7 Å². The van der Waals surface area contributed by atoms with E-state index in [-0.39, 0.29) is 29.7 Å². The van der Waals surface area contributed by atoms with Crippen molar-refractivity contribution in [3.63, 3.8) is 0 Å². The fraction of sp³-hybridized carbons (Fsp3) is 0.516. The minimum absolute atomic E-state index is 0.138. The molecule has 0 saturated carbocycles. The van der Waals surface area contributed by atoms with Gasteiger partial charge in [-0.05, 0) is 64.2 Å². The summed E-state index contributed by atoms with van der Waals surface area (Å²) in [6.07, 6.45) is 4.91. The van der Waals surface area contributed by atoms with Crippen molar-refractivity contribution < 1.29 is 19.2 Å². The van der Waals surface area contributed by atoms with E-state index in [0.717, 1.165) is 22.2 Å². The van der Waals surface area contributed by atoms with Crippen LogP contribution in [0.5, 0.6) is 0 Å². The summed E-state index contributed by atoms with van der Waals surface area (Å²) in [5.74, 6) is -1.43. The molecular formula is C31H42N6O4. The number of nitrogens with zero attached hydrogens (tertiary/aromatic N) is 3. The minimum atomic E-state index is -0.915. The first kappa shape index (κ1) is 30.2. The molecule has 4 atom stereocenters. The third-order valence-corrected chi connectivity index (χ3v) is 8.09. The Labute approximate surface area is 241 Å². The summed E-state index contributed by atoms with van der Waals surface area (Å²) in [5.41, 5.74) is 4.58. The Kier molecular flexibility index (Phi) is 8.82. The molecule has 2 aliphatic rings. The highest BCUT2D eigenvalue weighted by atomic mass is 16.2. The van der Waals surface area contributed by atoms with Crippen LogP contribution >= 0.6 is 0 Å². The Balaban J connectivity index is 1.73. The lowest BCUT2D eigenvalue weighted by molar-refractivity contribution is -0.146. The molecule has 2 aliphatic heterocycles. The maximum Gasteiger partial charge on any atom is 0.258 e. The molecule has 10 nitrogen and oxygen atoms in total. The first-order chi connectivity index (χ1) is 19.3. The van der Waals surface area contributed by atoms with Crippen molar-refractivity contribution in [2.45, 2.75) is 78.6 Å². The van der Waals surface area contributed by atoms with Gasteiger partial charge in [-0.2, -0.15) is 0 Å². The molecule has 0 radical (unpaired) electrons. The molecule has 1 unspecified atom stereocenters. The highest BCUT2D eigenvalue weighted by Gasteiger charge is 2.36. The van der Waals surface area contributed by atoms with Crippen LogP contribution in [-0.2, 0) is 19.2 Å². The van der Waals surface area contributed by atoms with Gasteiger partial charge in [0.05, 0.1) is 22.7 Å². The number of hydrazine groups is 1. The molecule has 220 valence electrons. The van der Waals surface area contributed by atoms with Crippen LogP contribution < -0.4 is 16.1 Å². The highest BCUT2D eigenvalue weighted by Crippen LogP contribution is 2.25. The number of aromatic nitrogens is 1. The second kappa shape index (κ2) is 12.0. The van der Waals surface area contributed by atoms with E-state index in [1.807, 2.05) is 63.3 Å². The van der Waals surface area contributed by atoms with Crippen molar-refractivity contribution in [3.05, 3.63) is 47.7 Å². The maximum absolute atomic E-state index is 13.5. The van der Waals surface area contributed by atoms with E-state index < -0.39 is 29.4 Å². The number of pyridine rings is 1. The Morgan fingerprint density at radius 3 is 2.41 bits per heavy atom. The second-order valence-corrected chi connectivity index (χ2v) is 12.1. The van der Waals surface area contributed by atoms with Gasteiger partial charge in [0, 0.05) is 19.0 Å². The molecule has 3 heterocycles. The van der Waals surface area contributed by atoms with Crippen LogP contribution in [0.3, 0.4) is 0 Å². The Morgan fingerprint density at radius 2 is 1.71 bits per heavy atom. The van der Waals surface area contributed by atoms with Gasteiger partial charge in [-0.1, -0.05) is 44.2 Å². The normalized spacial score (nSPS) is 26.3. The van der Waals surface area contributed by atoms with E-state index >= 15 is 0 Å². The first-order valence-corrected chi connectivity index (χ1v) is 14.3. The average Bonchev–Trinajstić information content (AvgIpc) is 2.95. The van der Waals surface area contributed by atoms with E-state index in [9.17, 15) is 19.2 Å². The topological polar surface area (TPSA) is 124 Å². The summed E-state index contributed by atoms with van der Waals surface area (Å²) in [6.45, 7) is 11.2. The van der Waals surface area contributed by atoms with Gasteiger partial charge in [0.2, 0.25) is 17.7 Å². The summed E-state index contributed by atoms with van der Waals surface area (Å²) in [7, 11) is 1.75. The van der Waals surface area contributed by atoms with E-state index in [2.05, 4.69) is 16.1 Å². The molecule has 1 saturated heterocycles. The standard InChI is InChI=1S/C31H42N6O4/c1-18(2)26-27(38)32-19(3)28(39)37-16-8-9-24(35-37)29(40)36(7)20(4)23-13-12-22-11-10-21(17-25(22)33-23)14-15-31(5,6)30(41)34-26/h10-15,17-20,24,26,35H,8-9,16H2,1-7H3,(H,32,38)(H,34,41)/t19-,20?,24-,26-/m0/s1. The smallest absolute Gasteiger partial charge is 0.258 e. The van der Waals surface area contributed by atoms with E-state index in [1.165, 1.54) is 5.01 Å². The quantitative estimate of drug-likeness (QED) is 0.491. The fourth-order valence-electron chi connectivity index (χ4n) is 5.09. The lowest BCUT2D eigenvalue weighted by atomic mass is 9.89. The van der Waals surface area contributed by atoms with Gasteiger partial charge in [-0.3, -0.25) is 29.2 Å². The van der Waals surface area contributed by atoms with Crippen molar-refractivity contribution in [1.82, 2.24) is 31.0 Å². The SMILES string of the molecule is CC(C)[C@@H]1NC(=O)C(C)(C)C=Cc2ccc3ccc(nc3c2)C(C)N(C)C(=O)[C@@H]2CCCN(N2)C(=O)[C@H](C)NC1=O. The molecule has 4 amide bonds. The summed E-state index contributed by atoms with van der Waals surface area (Å²) >= 11 is 0. The molecular weight excluding hydrogens is 520 g/mol. The Hall–Kier alpha value is -3.79. The highest BCUT2D eigenvalue weighted by molar-refractivity contribution is 5.94. The molecule has 3 N–H and O–H groups in total. The van der Waals surface area contributed by atoms with Crippen LogP contribution in [0, 0.1) is 11.3 Å². The zero-order valence-corrected chi connectivity index (χ0v) is 25.0. The molecule has 1 aromatic carbocycles. The molecule has 4 rings (SSSR count). The molecule has 0 spiro atoms.